The van der Waals surface area contributed by atoms with Crippen LogP contribution in [0.2, 0.25) is 0 Å². The lowest BCUT2D eigenvalue weighted by atomic mass is 10.1. The van der Waals surface area contributed by atoms with E-state index in [0.717, 1.165) is 16.3 Å². The Labute approximate surface area is 97.3 Å². The molecule has 0 spiro atoms. The van der Waals surface area contributed by atoms with Crippen LogP contribution in [-0.4, -0.2) is 15.1 Å². The Kier molecular flexibility index (Phi) is 2.31. The standard InChI is InChI=1S/C12H10N4O/c13-6-11-15-12(16-17-11)9-2-1-8-3-4-14-7-10(8)5-9/h1-5,7H,6,13H2. The van der Waals surface area contributed by atoms with E-state index in [1.807, 2.05) is 30.5 Å². The number of nitrogens with zero attached hydrogens (tertiary/aromatic N) is 3. The second kappa shape index (κ2) is 3.95. The van der Waals surface area contributed by atoms with Crippen molar-refractivity contribution in [1.82, 2.24) is 15.1 Å². The molecule has 17 heavy (non-hydrogen) atoms. The third-order valence-corrected chi connectivity index (χ3v) is 2.54. The Morgan fingerprint density at radius 1 is 1.18 bits per heavy atom. The third-order valence-electron chi connectivity index (χ3n) is 2.54. The molecule has 0 bridgehead atoms. The SMILES string of the molecule is NCc1nc(-c2ccc3ccncc3c2)no1. The van der Waals surface area contributed by atoms with E-state index in [-0.39, 0.29) is 6.54 Å². The van der Waals surface area contributed by atoms with Crippen LogP contribution < -0.4 is 5.73 Å². The van der Waals surface area contributed by atoms with Crippen LogP contribution in [0, 0.1) is 0 Å². The van der Waals surface area contributed by atoms with E-state index in [4.69, 9.17) is 10.3 Å². The highest BCUT2D eigenvalue weighted by Gasteiger charge is 2.07. The highest BCUT2D eigenvalue weighted by Crippen LogP contribution is 2.21. The minimum Gasteiger partial charge on any atom is -0.338 e. The summed E-state index contributed by atoms with van der Waals surface area (Å²) in [5.41, 5.74) is 6.32. The molecule has 1 aromatic carbocycles. The Morgan fingerprint density at radius 3 is 2.94 bits per heavy atom. The van der Waals surface area contributed by atoms with Gasteiger partial charge in [0.05, 0.1) is 6.54 Å². The summed E-state index contributed by atoms with van der Waals surface area (Å²) in [6, 6.07) is 7.90. The smallest absolute Gasteiger partial charge is 0.240 e. The number of hydrogen-bond acceptors (Lipinski definition) is 5. The van der Waals surface area contributed by atoms with E-state index in [2.05, 4.69) is 15.1 Å². The van der Waals surface area contributed by atoms with Crippen LogP contribution >= 0.6 is 0 Å². The van der Waals surface area contributed by atoms with Gasteiger partial charge in [-0.05, 0) is 17.5 Å². The average Bonchev–Trinajstić information content (AvgIpc) is 2.87. The fraction of sp³-hybridized carbons (Fsp3) is 0.0833. The number of aromatic nitrogens is 3. The predicted octanol–water partition coefficient (Wildman–Crippen LogP) is 1.74. The molecule has 2 N–H and O–H groups in total. The first-order chi connectivity index (χ1) is 8.36. The lowest BCUT2D eigenvalue weighted by Gasteiger charge is -1.98. The van der Waals surface area contributed by atoms with Gasteiger partial charge in [-0.25, -0.2) is 0 Å². The summed E-state index contributed by atoms with van der Waals surface area (Å²) in [5.74, 6) is 0.988. The number of hydrogen-bond donors (Lipinski definition) is 1. The van der Waals surface area contributed by atoms with Crippen molar-refractivity contribution in [2.45, 2.75) is 6.54 Å². The molecule has 0 atom stereocenters. The summed E-state index contributed by atoms with van der Waals surface area (Å²) in [4.78, 5) is 8.27. The Bertz CT molecular complexity index is 662. The van der Waals surface area contributed by atoms with Crippen LogP contribution in [0.3, 0.4) is 0 Å². The molecule has 0 unspecified atom stereocenters. The number of rotatable bonds is 2. The maximum absolute atomic E-state index is 5.43. The van der Waals surface area contributed by atoms with Crippen LogP contribution in [0.5, 0.6) is 0 Å². The van der Waals surface area contributed by atoms with E-state index in [1.165, 1.54) is 0 Å². The fourth-order valence-corrected chi connectivity index (χ4v) is 1.68. The van der Waals surface area contributed by atoms with Crippen molar-refractivity contribution in [2.75, 3.05) is 0 Å². The molecule has 0 aliphatic heterocycles. The molecule has 0 aliphatic rings. The van der Waals surface area contributed by atoms with Gasteiger partial charge in [-0.1, -0.05) is 17.3 Å². The minimum absolute atomic E-state index is 0.252. The van der Waals surface area contributed by atoms with Crippen molar-refractivity contribution >= 4 is 10.8 Å². The summed E-state index contributed by atoms with van der Waals surface area (Å²) in [7, 11) is 0. The molecule has 0 saturated carbocycles. The van der Waals surface area contributed by atoms with Crippen LogP contribution in [0.25, 0.3) is 22.2 Å². The van der Waals surface area contributed by atoms with Gasteiger partial charge in [0, 0.05) is 23.3 Å². The molecule has 2 heterocycles. The molecular weight excluding hydrogens is 216 g/mol. The highest BCUT2D eigenvalue weighted by molar-refractivity contribution is 5.85. The number of benzene rings is 1. The largest absolute Gasteiger partial charge is 0.338 e. The number of pyridine rings is 1. The first kappa shape index (κ1) is 9.92. The summed E-state index contributed by atoms with van der Waals surface area (Å²) >= 11 is 0. The highest BCUT2D eigenvalue weighted by atomic mass is 16.5. The zero-order valence-electron chi connectivity index (χ0n) is 9.00. The monoisotopic (exact) mass is 226 g/mol. The van der Waals surface area contributed by atoms with E-state index in [1.54, 1.807) is 6.20 Å². The molecule has 5 heteroatoms. The molecule has 0 fully saturated rings. The van der Waals surface area contributed by atoms with Gasteiger partial charge >= 0.3 is 0 Å². The van der Waals surface area contributed by atoms with Crippen molar-refractivity contribution in [3.8, 4) is 11.4 Å². The molecule has 0 amide bonds. The lowest BCUT2D eigenvalue weighted by Crippen LogP contribution is -1.95. The molecule has 5 nitrogen and oxygen atoms in total. The van der Waals surface area contributed by atoms with Gasteiger partial charge in [0.1, 0.15) is 0 Å². The van der Waals surface area contributed by atoms with Gasteiger partial charge in [0.2, 0.25) is 11.7 Å². The number of fused-ring (bicyclic) bond motifs is 1. The van der Waals surface area contributed by atoms with Crippen molar-refractivity contribution in [1.29, 1.82) is 0 Å². The van der Waals surface area contributed by atoms with Gasteiger partial charge in [0.15, 0.2) is 0 Å². The first-order valence-electron chi connectivity index (χ1n) is 5.23. The predicted molar refractivity (Wildman–Crippen MR) is 62.9 cm³/mol. The van der Waals surface area contributed by atoms with Gasteiger partial charge < -0.3 is 10.3 Å². The zero-order chi connectivity index (χ0) is 11.7. The van der Waals surface area contributed by atoms with Crippen molar-refractivity contribution in [3.63, 3.8) is 0 Å². The average molecular weight is 226 g/mol. The minimum atomic E-state index is 0.252. The molecule has 0 saturated heterocycles. The van der Waals surface area contributed by atoms with Gasteiger partial charge in [-0.2, -0.15) is 4.98 Å². The number of nitrogens with two attached hydrogens (primary N) is 1. The summed E-state index contributed by atoms with van der Waals surface area (Å²) in [6.45, 7) is 0.252. The van der Waals surface area contributed by atoms with Gasteiger partial charge in [-0.15, -0.1) is 0 Å². The third kappa shape index (κ3) is 1.76. The maximum atomic E-state index is 5.43. The van der Waals surface area contributed by atoms with E-state index in [9.17, 15) is 0 Å². The summed E-state index contributed by atoms with van der Waals surface area (Å²) < 4.78 is 4.98. The second-order valence-corrected chi connectivity index (χ2v) is 3.65. The summed E-state index contributed by atoms with van der Waals surface area (Å²) in [6.07, 6.45) is 3.58. The quantitative estimate of drug-likeness (QED) is 0.720. The molecule has 84 valence electrons. The second-order valence-electron chi connectivity index (χ2n) is 3.65. The van der Waals surface area contributed by atoms with Crippen LogP contribution in [0.1, 0.15) is 5.89 Å². The lowest BCUT2D eigenvalue weighted by molar-refractivity contribution is 0.380. The van der Waals surface area contributed by atoms with Crippen LogP contribution in [0.15, 0.2) is 41.2 Å². The molecule has 0 radical (unpaired) electrons. The molecule has 0 aliphatic carbocycles. The van der Waals surface area contributed by atoms with Crippen molar-refractivity contribution in [3.05, 3.63) is 42.5 Å². The topological polar surface area (TPSA) is 77.8 Å². The van der Waals surface area contributed by atoms with E-state index < -0.39 is 0 Å². The van der Waals surface area contributed by atoms with E-state index >= 15 is 0 Å². The van der Waals surface area contributed by atoms with Gasteiger partial charge in [-0.3, -0.25) is 4.98 Å². The summed E-state index contributed by atoms with van der Waals surface area (Å²) in [5, 5.41) is 6.05. The Morgan fingerprint density at radius 2 is 2.12 bits per heavy atom. The van der Waals surface area contributed by atoms with Gasteiger partial charge in [0.25, 0.3) is 0 Å². The Balaban J connectivity index is 2.11. The first-order valence-corrected chi connectivity index (χ1v) is 5.23. The molecule has 3 aromatic rings. The van der Waals surface area contributed by atoms with Crippen LogP contribution in [0.4, 0.5) is 0 Å². The molecular formula is C12H10N4O. The van der Waals surface area contributed by atoms with Crippen LogP contribution in [-0.2, 0) is 6.54 Å². The fourth-order valence-electron chi connectivity index (χ4n) is 1.68. The van der Waals surface area contributed by atoms with E-state index in [0.29, 0.717) is 11.7 Å². The molecule has 2 aromatic heterocycles. The molecule has 3 rings (SSSR count). The van der Waals surface area contributed by atoms with Crippen molar-refractivity contribution in [2.24, 2.45) is 5.73 Å². The normalized spacial score (nSPS) is 10.9. The Hall–Kier alpha value is -2.27. The van der Waals surface area contributed by atoms with Crippen molar-refractivity contribution < 1.29 is 4.52 Å². The maximum Gasteiger partial charge on any atom is 0.240 e. The zero-order valence-corrected chi connectivity index (χ0v) is 9.00.